The predicted molar refractivity (Wildman–Crippen MR) is 65.8 cm³/mol. The third kappa shape index (κ3) is 2.15. The zero-order valence-corrected chi connectivity index (χ0v) is 10.4. The van der Waals surface area contributed by atoms with Gasteiger partial charge in [0.15, 0.2) is 11.6 Å². The van der Waals surface area contributed by atoms with Gasteiger partial charge in [0.25, 0.3) is 0 Å². The Morgan fingerprint density at radius 2 is 1.95 bits per heavy atom. The van der Waals surface area contributed by atoms with Gasteiger partial charge in [0.2, 0.25) is 5.43 Å². The minimum Gasteiger partial charge on any atom is -0.477 e. The second-order valence-corrected chi connectivity index (χ2v) is 4.37. The summed E-state index contributed by atoms with van der Waals surface area (Å²) in [7, 11) is 0. The number of aromatic nitrogens is 1. The van der Waals surface area contributed by atoms with Crippen molar-refractivity contribution in [3.63, 3.8) is 0 Å². The minimum atomic E-state index is -1.51. The van der Waals surface area contributed by atoms with Crippen LogP contribution in [0.2, 0.25) is 0 Å². The number of nitrogens with zero attached hydrogens (tertiary/aromatic N) is 1. The average molecular weight is 285 g/mol. The van der Waals surface area contributed by atoms with Crippen molar-refractivity contribution in [2.24, 2.45) is 0 Å². The Labute approximate surface area is 111 Å². The second kappa shape index (κ2) is 4.99. The topological polar surface area (TPSA) is 59.3 Å². The summed E-state index contributed by atoms with van der Waals surface area (Å²) in [5.41, 5.74) is -1.61. The third-order valence-corrected chi connectivity index (χ3v) is 3.00. The van der Waals surface area contributed by atoms with Crippen LogP contribution in [0.4, 0.5) is 13.2 Å². The molecule has 1 aromatic carbocycles. The number of hydrogen-bond acceptors (Lipinski definition) is 2. The summed E-state index contributed by atoms with van der Waals surface area (Å²) in [6, 6.07) is 0.561. The molecular weight excluding hydrogens is 275 g/mol. The van der Waals surface area contributed by atoms with Crippen LogP contribution in [0.1, 0.15) is 23.3 Å². The lowest BCUT2D eigenvalue weighted by Crippen LogP contribution is -2.21. The van der Waals surface area contributed by atoms with E-state index in [-0.39, 0.29) is 10.9 Å². The van der Waals surface area contributed by atoms with E-state index < -0.39 is 41.3 Å². The van der Waals surface area contributed by atoms with Gasteiger partial charge in [0, 0.05) is 17.6 Å². The van der Waals surface area contributed by atoms with Crippen LogP contribution in [-0.2, 0) is 0 Å². The lowest BCUT2D eigenvalue weighted by Gasteiger charge is -2.17. The van der Waals surface area contributed by atoms with Crippen LogP contribution < -0.4 is 5.43 Å². The monoisotopic (exact) mass is 285 g/mol. The molecule has 1 N–H and O–H groups in total. The maximum atomic E-state index is 13.3. The summed E-state index contributed by atoms with van der Waals surface area (Å²) < 4.78 is 40.4. The van der Waals surface area contributed by atoms with Gasteiger partial charge in [0.1, 0.15) is 12.2 Å². The number of carboxylic acids is 1. The van der Waals surface area contributed by atoms with E-state index in [0.717, 1.165) is 16.8 Å². The molecule has 0 saturated carbocycles. The molecule has 0 aliphatic heterocycles. The SMILES string of the molecule is C[C@@H](CF)n1cc(C(=O)O)c(=O)c2cc(F)c(F)cc21. The number of benzene rings is 1. The Bertz CT molecular complexity index is 755. The maximum Gasteiger partial charge on any atom is 0.341 e. The number of halogens is 3. The van der Waals surface area contributed by atoms with Crippen LogP contribution in [0.3, 0.4) is 0 Å². The molecule has 2 aromatic rings. The zero-order chi connectivity index (χ0) is 15.0. The van der Waals surface area contributed by atoms with Gasteiger partial charge in [-0.15, -0.1) is 0 Å². The van der Waals surface area contributed by atoms with E-state index in [4.69, 9.17) is 5.11 Å². The Balaban J connectivity index is 2.97. The normalized spacial score (nSPS) is 12.6. The van der Waals surface area contributed by atoms with E-state index in [1.807, 2.05) is 0 Å². The van der Waals surface area contributed by atoms with Crippen molar-refractivity contribution >= 4 is 16.9 Å². The van der Waals surface area contributed by atoms with Gasteiger partial charge >= 0.3 is 5.97 Å². The number of rotatable bonds is 3. The molecular formula is C13H10F3NO3. The number of pyridine rings is 1. The summed E-state index contributed by atoms with van der Waals surface area (Å²) in [5.74, 6) is -3.97. The average Bonchev–Trinajstić information content (AvgIpc) is 2.40. The highest BCUT2D eigenvalue weighted by Gasteiger charge is 2.19. The van der Waals surface area contributed by atoms with E-state index in [1.165, 1.54) is 6.92 Å². The van der Waals surface area contributed by atoms with Gasteiger partial charge in [0.05, 0.1) is 11.6 Å². The largest absolute Gasteiger partial charge is 0.477 e. The molecule has 2 rings (SSSR count). The van der Waals surface area contributed by atoms with Gasteiger partial charge in [-0.2, -0.15) is 0 Å². The van der Waals surface area contributed by atoms with Crippen molar-refractivity contribution in [1.29, 1.82) is 0 Å². The quantitative estimate of drug-likeness (QED) is 0.942. The molecule has 7 heteroatoms. The molecule has 0 aliphatic carbocycles. The number of fused-ring (bicyclic) bond motifs is 1. The fraction of sp³-hybridized carbons (Fsp3) is 0.231. The van der Waals surface area contributed by atoms with E-state index in [0.29, 0.717) is 6.07 Å². The van der Waals surface area contributed by atoms with Crippen LogP contribution in [0.5, 0.6) is 0 Å². The summed E-state index contributed by atoms with van der Waals surface area (Å²) in [4.78, 5) is 22.9. The van der Waals surface area contributed by atoms with Crippen molar-refractivity contribution in [2.75, 3.05) is 6.67 Å². The van der Waals surface area contributed by atoms with Crippen LogP contribution in [-0.4, -0.2) is 22.3 Å². The first-order chi connectivity index (χ1) is 9.36. The van der Waals surface area contributed by atoms with Gasteiger partial charge in [-0.3, -0.25) is 4.79 Å². The molecule has 20 heavy (non-hydrogen) atoms. The summed E-state index contributed by atoms with van der Waals surface area (Å²) >= 11 is 0. The van der Waals surface area contributed by atoms with E-state index in [9.17, 15) is 22.8 Å². The second-order valence-electron chi connectivity index (χ2n) is 4.37. The Morgan fingerprint density at radius 3 is 2.50 bits per heavy atom. The predicted octanol–water partition coefficient (Wildman–Crippen LogP) is 2.51. The molecule has 0 saturated heterocycles. The summed E-state index contributed by atoms with van der Waals surface area (Å²) in [5, 5.41) is 8.65. The fourth-order valence-electron chi connectivity index (χ4n) is 1.94. The molecule has 1 atom stereocenters. The standard InChI is InChI=1S/C13H10F3NO3/c1-6(4-14)17-5-8(13(19)20)12(18)7-2-9(15)10(16)3-11(7)17/h2-3,5-6H,4H2,1H3,(H,19,20)/t6-/m0/s1. The Morgan fingerprint density at radius 1 is 1.35 bits per heavy atom. The fourth-order valence-corrected chi connectivity index (χ4v) is 1.94. The van der Waals surface area contributed by atoms with Crippen molar-refractivity contribution < 1.29 is 23.1 Å². The van der Waals surface area contributed by atoms with Crippen molar-refractivity contribution in [1.82, 2.24) is 4.57 Å². The Kier molecular flexibility index (Phi) is 3.52. The molecule has 0 fully saturated rings. The molecule has 0 unspecified atom stereocenters. The first-order valence-electron chi connectivity index (χ1n) is 5.70. The highest BCUT2D eigenvalue weighted by molar-refractivity contribution is 5.92. The highest BCUT2D eigenvalue weighted by atomic mass is 19.2. The Hall–Kier alpha value is -2.31. The van der Waals surface area contributed by atoms with Crippen LogP contribution in [0.25, 0.3) is 10.9 Å². The number of carbonyl (C=O) groups is 1. The van der Waals surface area contributed by atoms with Crippen molar-refractivity contribution in [2.45, 2.75) is 13.0 Å². The number of aromatic carboxylic acids is 1. The summed E-state index contributed by atoms with van der Waals surface area (Å²) in [6.07, 6.45) is 0.939. The number of hydrogen-bond donors (Lipinski definition) is 1. The zero-order valence-electron chi connectivity index (χ0n) is 10.4. The van der Waals surface area contributed by atoms with E-state index in [1.54, 1.807) is 0 Å². The van der Waals surface area contributed by atoms with Gasteiger partial charge in [-0.25, -0.2) is 18.0 Å². The van der Waals surface area contributed by atoms with Crippen LogP contribution in [0.15, 0.2) is 23.1 Å². The van der Waals surface area contributed by atoms with Crippen LogP contribution in [0, 0.1) is 11.6 Å². The maximum absolute atomic E-state index is 13.3. The number of alkyl halides is 1. The smallest absolute Gasteiger partial charge is 0.341 e. The molecule has 0 spiro atoms. The lowest BCUT2D eigenvalue weighted by molar-refractivity contribution is 0.0694. The summed E-state index contributed by atoms with van der Waals surface area (Å²) in [6.45, 7) is 0.576. The third-order valence-electron chi connectivity index (χ3n) is 3.00. The van der Waals surface area contributed by atoms with E-state index >= 15 is 0 Å². The molecule has 1 aromatic heterocycles. The molecule has 0 bridgehead atoms. The molecule has 1 heterocycles. The lowest BCUT2D eigenvalue weighted by atomic mass is 10.1. The van der Waals surface area contributed by atoms with Gasteiger partial charge in [-0.1, -0.05) is 0 Å². The highest BCUT2D eigenvalue weighted by Crippen LogP contribution is 2.20. The van der Waals surface area contributed by atoms with Crippen molar-refractivity contribution in [3.8, 4) is 0 Å². The minimum absolute atomic E-state index is 0.0518. The molecule has 0 aliphatic rings. The van der Waals surface area contributed by atoms with Gasteiger partial charge < -0.3 is 9.67 Å². The number of carboxylic acid groups (broad SMARTS) is 1. The van der Waals surface area contributed by atoms with Gasteiger partial charge in [-0.05, 0) is 13.0 Å². The van der Waals surface area contributed by atoms with Crippen molar-refractivity contribution in [3.05, 3.63) is 45.8 Å². The van der Waals surface area contributed by atoms with Crippen LogP contribution >= 0.6 is 0 Å². The molecule has 0 radical (unpaired) electrons. The first-order valence-corrected chi connectivity index (χ1v) is 5.70. The first kappa shape index (κ1) is 14.1. The molecule has 0 amide bonds. The molecule has 4 nitrogen and oxygen atoms in total. The molecule has 106 valence electrons. The van der Waals surface area contributed by atoms with E-state index in [2.05, 4.69) is 0 Å².